The van der Waals surface area contributed by atoms with E-state index in [1.807, 2.05) is 41.5 Å². The standard InChI is InChI=1S/C32H54N4O8/c1-13-14-19(23(38)26(40)33-16-15-20(37)43-30(5,6)7)34-25(39)22-21-18(32(21,11)12)17-36(22)27(41)24(29(2,3)4)35-28(42)44-31(8,9)10/h18-19,21-22,24H,13-17H2,1-12H3,(H,33,40)(H,34,39)(H,35,42). The van der Waals surface area contributed by atoms with Crippen molar-refractivity contribution >= 4 is 35.6 Å². The molecular formula is C32H54N4O8. The highest BCUT2D eigenvalue weighted by atomic mass is 16.6. The van der Waals surface area contributed by atoms with Crippen LogP contribution in [-0.2, 0) is 33.4 Å². The normalized spacial score (nSPS) is 22.2. The number of hydrogen-bond donors (Lipinski definition) is 3. The third kappa shape index (κ3) is 9.66. The van der Waals surface area contributed by atoms with E-state index >= 15 is 0 Å². The third-order valence-corrected chi connectivity index (χ3v) is 8.00. The zero-order chi connectivity index (χ0) is 34.0. The Balaban J connectivity index is 2.20. The van der Waals surface area contributed by atoms with Crippen molar-refractivity contribution in [1.29, 1.82) is 0 Å². The van der Waals surface area contributed by atoms with Crippen LogP contribution in [0.5, 0.6) is 0 Å². The third-order valence-electron chi connectivity index (χ3n) is 8.00. The van der Waals surface area contributed by atoms with E-state index in [0.29, 0.717) is 13.0 Å². The van der Waals surface area contributed by atoms with Crippen molar-refractivity contribution in [3.63, 3.8) is 0 Å². The molecule has 0 aromatic carbocycles. The van der Waals surface area contributed by atoms with Crippen LogP contribution < -0.4 is 16.0 Å². The van der Waals surface area contributed by atoms with Gasteiger partial charge in [0.25, 0.3) is 5.91 Å². The minimum Gasteiger partial charge on any atom is -0.460 e. The maximum absolute atomic E-state index is 14.0. The largest absolute Gasteiger partial charge is 0.460 e. The fourth-order valence-electron chi connectivity index (χ4n) is 5.78. The highest BCUT2D eigenvalue weighted by molar-refractivity contribution is 6.38. The average Bonchev–Trinajstić information content (AvgIpc) is 3.17. The number of fused-ring (bicyclic) bond motifs is 1. The van der Waals surface area contributed by atoms with Gasteiger partial charge in [0.1, 0.15) is 23.3 Å². The quantitative estimate of drug-likeness (QED) is 0.234. The first kappa shape index (κ1) is 37.0. The summed E-state index contributed by atoms with van der Waals surface area (Å²) in [5.74, 6) is -3.25. The van der Waals surface area contributed by atoms with E-state index in [4.69, 9.17) is 9.47 Å². The van der Waals surface area contributed by atoms with E-state index < -0.39 is 70.3 Å². The van der Waals surface area contributed by atoms with E-state index in [1.54, 1.807) is 41.5 Å². The van der Waals surface area contributed by atoms with Crippen molar-refractivity contribution in [3.05, 3.63) is 0 Å². The Morgan fingerprint density at radius 3 is 1.95 bits per heavy atom. The summed E-state index contributed by atoms with van der Waals surface area (Å²) in [6, 6.07) is -2.96. The van der Waals surface area contributed by atoms with E-state index in [-0.39, 0.29) is 36.6 Å². The molecule has 2 rings (SSSR count). The molecule has 0 aromatic rings. The van der Waals surface area contributed by atoms with Crippen molar-refractivity contribution in [2.45, 2.75) is 132 Å². The molecular weight excluding hydrogens is 568 g/mol. The average molecular weight is 623 g/mol. The predicted octanol–water partition coefficient (Wildman–Crippen LogP) is 3.11. The molecule has 12 heteroatoms. The van der Waals surface area contributed by atoms with Gasteiger partial charge in [0.2, 0.25) is 17.6 Å². The van der Waals surface area contributed by atoms with Crippen LogP contribution in [0.2, 0.25) is 0 Å². The first-order chi connectivity index (χ1) is 19.9. The summed E-state index contributed by atoms with van der Waals surface area (Å²) in [6.45, 7) is 22.0. The molecule has 44 heavy (non-hydrogen) atoms. The molecule has 2 aliphatic rings. The van der Waals surface area contributed by atoms with E-state index in [9.17, 15) is 28.8 Å². The molecule has 0 radical (unpaired) electrons. The summed E-state index contributed by atoms with van der Waals surface area (Å²) in [6.07, 6.45) is -0.112. The molecule has 5 atom stereocenters. The first-order valence-electron chi connectivity index (χ1n) is 15.5. The van der Waals surface area contributed by atoms with E-state index in [1.165, 1.54) is 4.90 Å². The smallest absolute Gasteiger partial charge is 0.408 e. The lowest BCUT2D eigenvalue weighted by molar-refractivity contribution is -0.154. The minimum atomic E-state index is -1.11. The number of likely N-dealkylation sites (tertiary alicyclic amines) is 1. The van der Waals surface area contributed by atoms with Gasteiger partial charge in [0, 0.05) is 13.1 Å². The van der Waals surface area contributed by atoms with Crippen LogP contribution in [-0.4, -0.2) is 82.9 Å². The summed E-state index contributed by atoms with van der Waals surface area (Å²) in [5.41, 5.74) is -2.33. The van der Waals surface area contributed by atoms with Crippen LogP contribution in [0.3, 0.4) is 0 Å². The second-order valence-corrected chi connectivity index (χ2v) is 15.6. The zero-order valence-electron chi connectivity index (χ0n) is 28.6. The van der Waals surface area contributed by atoms with Crippen molar-refractivity contribution in [2.24, 2.45) is 22.7 Å². The second-order valence-electron chi connectivity index (χ2n) is 15.6. The van der Waals surface area contributed by atoms with Crippen molar-refractivity contribution in [2.75, 3.05) is 13.1 Å². The first-order valence-corrected chi connectivity index (χ1v) is 15.5. The number of alkyl carbamates (subject to hydrolysis) is 1. The number of nitrogens with zero attached hydrogens (tertiary/aromatic N) is 1. The number of hydrogen-bond acceptors (Lipinski definition) is 8. The topological polar surface area (TPSA) is 160 Å². The molecule has 4 amide bonds. The summed E-state index contributed by atoms with van der Waals surface area (Å²) >= 11 is 0. The van der Waals surface area contributed by atoms with Gasteiger partial charge in [-0.3, -0.25) is 24.0 Å². The Labute approximate surface area is 262 Å². The molecule has 3 N–H and O–H groups in total. The second kappa shape index (κ2) is 13.4. The van der Waals surface area contributed by atoms with E-state index in [2.05, 4.69) is 16.0 Å². The Kier molecular flexibility index (Phi) is 11.3. The van der Waals surface area contributed by atoms with Gasteiger partial charge in [0.05, 0.1) is 12.5 Å². The number of ketones is 1. The van der Waals surface area contributed by atoms with Crippen LogP contribution in [0.25, 0.3) is 0 Å². The van der Waals surface area contributed by atoms with Gasteiger partial charge < -0.3 is 30.3 Å². The Hall–Kier alpha value is -3.18. The van der Waals surface area contributed by atoms with Crippen LogP contribution in [0.1, 0.15) is 102 Å². The van der Waals surface area contributed by atoms with Gasteiger partial charge in [0.15, 0.2) is 0 Å². The molecule has 1 heterocycles. The number of amides is 4. The molecule has 250 valence electrons. The zero-order valence-corrected chi connectivity index (χ0v) is 28.6. The van der Waals surface area contributed by atoms with Gasteiger partial charge >= 0.3 is 12.1 Å². The van der Waals surface area contributed by atoms with Crippen molar-refractivity contribution in [1.82, 2.24) is 20.9 Å². The van der Waals surface area contributed by atoms with Crippen LogP contribution in [0, 0.1) is 22.7 Å². The monoisotopic (exact) mass is 622 g/mol. The Bertz CT molecular complexity index is 1130. The van der Waals surface area contributed by atoms with Crippen molar-refractivity contribution in [3.8, 4) is 0 Å². The summed E-state index contributed by atoms with van der Waals surface area (Å²) in [7, 11) is 0. The molecule has 12 nitrogen and oxygen atoms in total. The number of carbonyl (C=O) groups is 6. The van der Waals surface area contributed by atoms with Crippen LogP contribution >= 0.6 is 0 Å². The lowest BCUT2D eigenvalue weighted by atomic mass is 9.85. The number of Topliss-reactive ketones (excluding diaryl/α,β-unsaturated/α-hetero) is 1. The van der Waals surface area contributed by atoms with Gasteiger partial charge in [-0.15, -0.1) is 0 Å². The molecule has 1 saturated carbocycles. The van der Waals surface area contributed by atoms with Gasteiger partial charge in [-0.2, -0.15) is 0 Å². The molecule has 1 aliphatic carbocycles. The molecule has 0 aromatic heterocycles. The van der Waals surface area contributed by atoms with Gasteiger partial charge in [-0.25, -0.2) is 4.79 Å². The maximum Gasteiger partial charge on any atom is 0.408 e. The fourth-order valence-corrected chi connectivity index (χ4v) is 5.78. The summed E-state index contributed by atoms with van der Waals surface area (Å²) < 4.78 is 10.6. The lowest BCUT2D eigenvalue weighted by Gasteiger charge is -2.38. The molecule has 0 spiro atoms. The number of ether oxygens (including phenoxy) is 2. The van der Waals surface area contributed by atoms with Crippen molar-refractivity contribution < 1.29 is 38.2 Å². The minimum absolute atomic E-state index is 0.0702. The number of carbonyl (C=O) groups excluding carboxylic acids is 6. The highest BCUT2D eigenvalue weighted by Gasteiger charge is 2.70. The Morgan fingerprint density at radius 1 is 0.886 bits per heavy atom. The summed E-state index contributed by atoms with van der Waals surface area (Å²) in [4.78, 5) is 79.8. The lowest BCUT2D eigenvalue weighted by Crippen LogP contribution is -2.60. The molecule has 0 bridgehead atoms. The van der Waals surface area contributed by atoms with Crippen LogP contribution in [0.15, 0.2) is 0 Å². The molecule has 1 aliphatic heterocycles. The number of rotatable bonds is 11. The number of esters is 1. The predicted molar refractivity (Wildman–Crippen MR) is 164 cm³/mol. The molecule has 2 fully saturated rings. The van der Waals surface area contributed by atoms with Gasteiger partial charge in [-0.05, 0) is 70.6 Å². The Morgan fingerprint density at radius 2 is 1.45 bits per heavy atom. The SMILES string of the molecule is CCCC(NC(=O)C1C2C(CN1C(=O)C(NC(=O)OC(C)(C)C)C(C)(C)C)C2(C)C)C(=O)C(=O)NCCC(=O)OC(C)(C)C. The number of piperidine rings is 1. The van der Waals surface area contributed by atoms with Crippen LogP contribution in [0.4, 0.5) is 4.79 Å². The fraction of sp³-hybridized carbons (Fsp3) is 0.812. The van der Waals surface area contributed by atoms with E-state index in [0.717, 1.165) is 0 Å². The highest BCUT2D eigenvalue weighted by Crippen LogP contribution is 2.65. The maximum atomic E-state index is 14.0. The summed E-state index contributed by atoms with van der Waals surface area (Å²) in [5, 5.41) is 7.91. The number of nitrogens with one attached hydrogen (secondary N) is 3. The molecule has 5 unspecified atom stereocenters. The molecule has 1 saturated heterocycles. The van der Waals surface area contributed by atoms with Gasteiger partial charge in [-0.1, -0.05) is 48.0 Å².